The van der Waals surface area contributed by atoms with Crippen molar-refractivity contribution in [3.05, 3.63) is 170 Å². The van der Waals surface area contributed by atoms with Crippen LogP contribution >= 0.6 is 0 Å². The van der Waals surface area contributed by atoms with Crippen LogP contribution in [0, 0.1) is 0 Å². The Morgan fingerprint density at radius 2 is 0.470 bits per heavy atom. The highest BCUT2D eigenvalue weighted by Crippen LogP contribution is 2.14. The number of ether oxygens (including phenoxy) is 3. The van der Waals surface area contributed by atoms with E-state index in [2.05, 4.69) is 191 Å². The molecule has 0 aromatic carbocycles. The smallest absolute Gasteiger partial charge is 0.306 e. The van der Waals surface area contributed by atoms with Gasteiger partial charge in [0, 0.05) is 19.3 Å². The van der Waals surface area contributed by atoms with Crippen LogP contribution in [0.5, 0.6) is 0 Å². The SMILES string of the molecule is CC/C=C\C/C=C\C/C=C\C/C=C\C/C=C\C/C=C\C/C=C\C/C=C\C/C=C\CCCCCCCCCC(=O)OCC(COC(=O)CCCCCCC/C=C\CCCCCC)OC(=O)CCCCCC/C=C\C/C=C\C/C=C\C/C=C\CC. The minimum absolute atomic E-state index is 0.102. The molecule has 0 fully saturated rings. The molecule has 1 unspecified atom stereocenters. The molecule has 6 heteroatoms. The van der Waals surface area contributed by atoms with Gasteiger partial charge >= 0.3 is 17.9 Å². The van der Waals surface area contributed by atoms with E-state index in [1.807, 2.05) is 0 Å². The van der Waals surface area contributed by atoms with Gasteiger partial charge < -0.3 is 14.2 Å². The van der Waals surface area contributed by atoms with Crippen molar-refractivity contribution in [2.45, 2.75) is 284 Å². The van der Waals surface area contributed by atoms with E-state index in [9.17, 15) is 14.4 Å². The van der Waals surface area contributed by atoms with E-state index in [-0.39, 0.29) is 37.5 Å². The number of allylic oxidation sites excluding steroid dienone is 28. The Morgan fingerprint density at radius 1 is 0.253 bits per heavy atom. The first-order chi connectivity index (χ1) is 41.0. The Morgan fingerprint density at radius 3 is 0.747 bits per heavy atom. The van der Waals surface area contributed by atoms with Gasteiger partial charge in [0.1, 0.15) is 13.2 Å². The van der Waals surface area contributed by atoms with E-state index in [1.54, 1.807) is 0 Å². The van der Waals surface area contributed by atoms with Gasteiger partial charge in [0.2, 0.25) is 0 Å². The third kappa shape index (κ3) is 67.4. The second-order valence-corrected chi connectivity index (χ2v) is 21.6. The van der Waals surface area contributed by atoms with Gasteiger partial charge in [0.25, 0.3) is 0 Å². The molecule has 0 aliphatic heterocycles. The molecule has 6 nitrogen and oxygen atoms in total. The minimum Gasteiger partial charge on any atom is -0.462 e. The maximum absolute atomic E-state index is 12.9. The summed E-state index contributed by atoms with van der Waals surface area (Å²) in [5, 5.41) is 0. The number of esters is 3. The highest BCUT2D eigenvalue weighted by atomic mass is 16.6. The molecule has 0 aliphatic carbocycles. The lowest BCUT2D eigenvalue weighted by molar-refractivity contribution is -0.167. The molecular formula is C77H122O6. The van der Waals surface area contributed by atoms with Crippen molar-refractivity contribution >= 4 is 17.9 Å². The van der Waals surface area contributed by atoms with Crippen LogP contribution < -0.4 is 0 Å². The summed E-state index contributed by atoms with van der Waals surface area (Å²) in [4.78, 5) is 38.3. The monoisotopic (exact) mass is 1140 g/mol. The molecule has 0 aromatic heterocycles. The molecule has 0 heterocycles. The van der Waals surface area contributed by atoms with Gasteiger partial charge in [-0.15, -0.1) is 0 Å². The average molecular weight is 1140 g/mol. The fourth-order valence-corrected chi connectivity index (χ4v) is 8.71. The van der Waals surface area contributed by atoms with Crippen molar-refractivity contribution in [3.63, 3.8) is 0 Å². The summed E-state index contributed by atoms with van der Waals surface area (Å²) in [7, 11) is 0. The number of carbonyl (C=O) groups excluding carboxylic acids is 3. The van der Waals surface area contributed by atoms with Crippen molar-refractivity contribution in [2.75, 3.05) is 13.2 Å². The highest BCUT2D eigenvalue weighted by Gasteiger charge is 2.19. The lowest BCUT2D eigenvalue weighted by atomic mass is 10.1. The first-order valence-corrected chi connectivity index (χ1v) is 33.6. The van der Waals surface area contributed by atoms with Gasteiger partial charge in [-0.1, -0.05) is 274 Å². The van der Waals surface area contributed by atoms with Crippen LogP contribution in [-0.4, -0.2) is 37.2 Å². The molecule has 0 N–H and O–H groups in total. The number of hydrogen-bond acceptors (Lipinski definition) is 6. The predicted octanol–water partition coefficient (Wildman–Crippen LogP) is 23.4. The van der Waals surface area contributed by atoms with Gasteiger partial charge in [-0.3, -0.25) is 14.4 Å². The standard InChI is InChI=1S/C77H122O6/c1-4-7-10-13-16-19-22-25-27-29-30-31-32-33-34-35-36-37-38-39-40-41-42-43-44-45-46-48-49-52-55-58-61-64-67-70-76(79)82-73-74(72-81-75(78)69-66-63-60-57-54-51-24-21-18-15-12-9-6-3)83-77(80)71-68-65-62-59-56-53-50-47-28-26-23-20-17-14-11-8-5-2/h7-8,10-11,16-17,19-21,24-28,30-31,33-34,36-37,39-40,42-43,45-46,50,53,74H,4-6,9,12-15,18,22-23,29,32,35,38,41,44,47-49,51-52,54-73H2,1-3H3/b10-7-,11-8-,19-16-,20-17-,24-21-,27-25-,28-26-,31-30-,34-33-,37-36-,40-39-,43-42-,46-45-,53-50-. The second-order valence-electron chi connectivity index (χ2n) is 21.6. The first kappa shape index (κ1) is 77.8. The van der Waals surface area contributed by atoms with Gasteiger partial charge in [-0.2, -0.15) is 0 Å². The van der Waals surface area contributed by atoms with Crippen LogP contribution in [0.3, 0.4) is 0 Å². The van der Waals surface area contributed by atoms with E-state index in [0.29, 0.717) is 12.8 Å². The number of unbranched alkanes of at least 4 members (excludes halogenated alkanes) is 20. The highest BCUT2D eigenvalue weighted by molar-refractivity contribution is 5.71. The van der Waals surface area contributed by atoms with Crippen molar-refractivity contribution in [2.24, 2.45) is 0 Å². The first-order valence-electron chi connectivity index (χ1n) is 33.6. The zero-order valence-corrected chi connectivity index (χ0v) is 53.4. The van der Waals surface area contributed by atoms with E-state index in [0.717, 1.165) is 173 Å². The van der Waals surface area contributed by atoms with Gasteiger partial charge in [0.05, 0.1) is 0 Å². The normalized spacial score (nSPS) is 13.2. The third-order valence-electron chi connectivity index (χ3n) is 13.7. The maximum atomic E-state index is 12.9. The average Bonchev–Trinajstić information content (AvgIpc) is 3.49. The van der Waals surface area contributed by atoms with Crippen LogP contribution in [0.4, 0.5) is 0 Å². The molecule has 0 saturated carbocycles. The lowest BCUT2D eigenvalue weighted by Gasteiger charge is -2.18. The molecule has 83 heavy (non-hydrogen) atoms. The fourth-order valence-electron chi connectivity index (χ4n) is 8.71. The fraction of sp³-hybridized carbons (Fsp3) is 0.597. The van der Waals surface area contributed by atoms with Crippen LogP contribution in [0.2, 0.25) is 0 Å². The van der Waals surface area contributed by atoms with Crippen molar-refractivity contribution in [3.8, 4) is 0 Å². The third-order valence-corrected chi connectivity index (χ3v) is 13.7. The van der Waals surface area contributed by atoms with Crippen LogP contribution in [-0.2, 0) is 28.6 Å². The molecule has 0 rings (SSSR count). The summed E-state index contributed by atoms with van der Waals surface area (Å²) in [6, 6.07) is 0. The van der Waals surface area contributed by atoms with Crippen LogP contribution in [0.1, 0.15) is 278 Å². The Balaban J connectivity index is 4.33. The Kier molecular flexibility index (Phi) is 64.9. The van der Waals surface area contributed by atoms with Gasteiger partial charge in [-0.05, 0) is 154 Å². The Hall–Kier alpha value is -5.23. The van der Waals surface area contributed by atoms with Gasteiger partial charge in [-0.25, -0.2) is 0 Å². The number of hydrogen-bond donors (Lipinski definition) is 0. The lowest BCUT2D eigenvalue weighted by Crippen LogP contribution is -2.30. The zero-order chi connectivity index (χ0) is 59.9. The molecule has 0 radical (unpaired) electrons. The zero-order valence-electron chi connectivity index (χ0n) is 53.4. The molecular weight excluding hydrogens is 1020 g/mol. The van der Waals surface area contributed by atoms with Crippen molar-refractivity contribution in [1.29, 1.82) is 0 Å². The maximum Gasteiger partial charge on any atom is 0.306 e. The molecule has 1 atom stereocenters. The summed E-state index contributed by atoms with van der Waals surface area (Å²) >= 11 is 0. The van der Waals surface area contributed by atoms with Crippen molar-refractivity contribution in [1.82, 2.24) is 0 Å². The summed E-state index contributed by atoms with van der Waals surface area (Å²) in [6.45, 7) is 6.36. The topological polar surface area (TPSA) is 78.9 Å². The van der Waals surface area contributed by atoms with E-state index < -0.39 is 6.10 Å². The van der Waals surface area contributed by atoms with E-state index in [4.69, 9.17) is 14.2 Å². The van der Waals surface area contributed by atoms with E-state index in [1.165, 1.54) is 64.2 Å². The molecule has 0 saturated heterocycles. The molecule has 0 amide bonds. The Bertz CT molecular complexity index is 1890. The summed E-state index contributed by atoms with van der Waals surface area (Å²) in [5.41, 5.74) is 0. The van der Waals surface area contributed by atoms with E-state index >= 15 is 0 Å². The predicted molar refractivity (Wildman–Crippen MR) is 361 cm³/mol. The van der Waals surface area contributed by atoms with Gasteiger partial charge in [0.15, 0.2) is 6.10 Å². The van der Waals surface area contributed by atoms with Crippen LogP contribution in [0.25, 0.3) is 0 Å². The molecule has 0 spiro atoms. The Labute approximate surface area is 511 Å². The summed E-state index contributed by atoms with van der Waals surface area (Å²) in [5.74, 6) is -0.948. The number of rotatable bonds is 59. The summed E-state index contributed by atoms with van der Waals surface area (Å²) in [6.07, 6.45) is 102. The molecule has 466 valence electrons. The quantitative estimate of drug-likeness (QED) is 0.0261. The van der Waals surface area contributed by atoms with Crippen LogP contribution in [0.15, 0.2) is 170 Å². The molecule has 0 bridgehead atoms. The molecule has 0 aliphatic rings. The number of carbonyl (C=O) groups is 3. The molecule has 0 aromatic rings. The summed E-state index contributed by atoms with van der Waals surface area (Å²) < 4.78 is 16.9. The second kappa shape index (κ2) is 69.3. The van der Waals surface area contributed by atoms with Crippen molar-refractivity contribution < 1.29 is 28.6 Å². The largest absolute Gasteiger partial charge is 0.462 e. The minimum atomic E-state index is -0.808.